The molecular formula is C76H44N4O2S3. The predicted octanol–water partition coefficient (Wildman–Crippen LogP) is 18.3. The van der Waals surface area contributed by atoms with Crippen molar-refractivity contribution in [2.75, 3.05) is 0 Å². The van der Waals surface area contributed by atoms with Crippen molar-refractivity contribution in [1.82, 2.24) is 0 Å². The largest absolute Gasteiger partial charge is 0.289 e. The summed E-state index contributed by atoms with van der Waals surface area (Å²) >= 11 is 5.16. The summed E-state index contributed by atoms with van der Waals surface area (Å²) in [5.41, 5.74) is 18.6. The molecule has 0 spiro atoms. The van der Waals surface area contributed by atoms with Crippen LogP contribution in [0.1, 0.15) is 109 Å². The van der Waals surface area contributed by atoms with Crippen molar-refractivity contribution in [3.63, 3.8) is 0 Å². The summed E-state index contributed by atoms with van der Waals surface area (Å²) in [7, 11) is 0. The van der Waals surface area contributed by atoms with E-state index in [-0.39, 0.29) is 22.7 Å². The molecule has 0 fully saturated rings. The third-order valence-electron chi connectivity index (χ3n) is 17.7. The second kappa shape index (κ2) is 19.1. The van der Waals surface area contributed by atoms with Gasteiger partial charge in [-0.1, -0.05) is 180 Å². The van der Waals surface area contributed by atoms with Gasteiger partial charge in [0.25, 0.3) is 0 Å². The molecule has 4 aliphatic carbocycles. The molecule has 398 valence electrons. The molecule has 8 aromatic carbocycles. The van der Waals surface area contributed by atoms with Gasteiger partial charge in [0.2, 0.25) is 0 Å². The van der Waals surface area contributed by atoms with E-state index in [2.05, 4.69) is 185 Å². The van der Waals surface area contributed by atoms with Gasteiger partial charge in [0.15, 0.2) is 11.6 Å². The molecule has 0 bridgehead atoms. The highest BCUT2D eigenvalue weighted by atomic mass is 32.1. The molecule has 3 heterocycles. The lowest BCUT2D eigenvalue weighted by Gasteiger charge is -2.36. The number of carbonyl (C=O) groups excluding carboxylic acids is 2. The topological polar surface area (TPSA) is 129 Å². The standard InChI is InChI=1S/C76H44N4O2S3/c1-41-13-22-48(23-14-41)75(49-24-15-42(2)16-25-49)62-36-59-63(35-58(62)72-68(75)57-30-21-45(32-64(57)84-72)31-60-66(46(37-77)38-78)53-9-5-7-11-55(53)70(60)81)76(50-26-17-43(3)18-27-50,51-28-19-44(4)20-29-51)69-73(59)85-65-34-52(83-74(65)69)33-61-67(47(39-79)40-80)54-10-6-8-12-56(54)71(61)82/h5-36H,1-4H3/b60-31-,61-33-. The molecule has 4 aliphatic rings. The van der Waals surface area contributed by atoms with Crippen LogP contribution in [-0.4, -0.2) is 11.6 Å². The van der Waals surface area contributed by atoms with E-state index >= 15 is 0 Å². The average molecular weight is 1140 g/mol. The molecule has 9 heteroatoms. The van der Waals surface area contributed by atoms with Gasteiger partial charge in [-0.15, -0.1) is 34.0 Å². The fraction of sp³-hybridized carbons (Fsp3) is 0.0789. The Morgan fingerprint density at radius 3 is 1.26 bits per heavy atom. The average Bonchev–Trinajstić information content (AvgIpc) is 1.52. The van der Waals surface area contributed by atoms with Gasteiger partial charge in [-0.05, 0) is 136 Å². The van der Waals surface area contributed by atoms with E-state index in [1.165, 1.54) is 21.6 Å². The molecule has 15 rings (SSSR count). The summed E-state index contributed by atoms with van der Waals surface area (Å²) < 4.78 is 3.21. The van der Waals surface area contributed by atoms with Crippen molar-refractivity contribution in [2.45, 2.75) is 38.5 Å². The van der Waals surface area contributed by atoms with Crippen LogP contribution in [0.4, 0.5) is 0 Å². The highest BCUT2D eigenvalue weighted by molar-refractivity contribution is 7.30. The number of fused-ring (bicyclic) bond motifs is 12. The van der Waals surface area contributed by atoms with Gasteiger partial charge in [0, 0.05) is 63.0 Å². The van der Waals surface area contributed by atoms with Crippen LogP contribution in [0, 0.1) is 73.0 Å². The molecule has 0 N–H and O–H groups in total. The minimum absolute atomic E-state index is 0.0953. The van der Waals surface area contributed by atoms with E-state index in [1.807, 2.05) is 36.4 Å². The Morgan fingerprint density at radius 1 is 0.412 bits per heavy atom. The highest BCUT2D eigenvalue weighted by Gasteiger charge is 2.54. The zero-order chi connectivity index (χ0) is 58.2. The van der Waals surface area contributed by atoms with E-state index in [0.717, 1.165) is 96.0 Å². The van der Waals surface area contributed by atoms with Crippen molar-refractivity contribution in [2.24, 2.45) is 0 Å². The SMILES string of the molecule is Cc1ccc(C2(c3ccc(C)cc3)c3cc4c(cc3-c3sc5cc(/C=C6\C(=O)c7ccccc7C6=C(C#N)C#N)ccc5c32)C(c2ccc(C)cc2)(c2ccc(C)cc2)c2c-4sc3cc(/C=C4\C(=O)c5ccccc5C4=C(C#N)C#N)sc23)cc1. The normalized spacial score (nSPS) is 15.5. The maximum Gasteiger partial charge on any atom is 0.194 e. The maximum atomic E-state index is 14.3. The lowest BCUT2D eigenvalue weighted by molar-refractivity contribution is 0.103. The Labute approximate surface area is 503 Å². The Hall–Kier alpha value is -10.4. The zero-order valence-corrected chi connectivity index (χ0v) is 48.8. The van der Waals surface area contributed by atoms with Gasteiger partial charge in [0.05, 0.1) is 15.5 Å². The number of Topliss-reactive ketones (excluding diaryl/α,β-unsaturated/α-hetero) is 2. The predicted molar refractivity (Wildman–Crippen MR) is 342 cm³/mol. The molecule has 0 amide bonds. The fourth-order valence-electron chi connectivity index (χ4n) is 13.9. The Kier molecular flexibility index (Phi) is 11.6. The van der Waals surface area contributed by atoms with Crippen LogP contribution in [0.3, 0.4) is 0 Å². The summed E-state index contributed by atoms with van der Waals surface area (Å²) in [4.78, 5) is 31.8. The van der Waals surface area contributed by atoms with Crippen molar-refractivity contribution in [3.05, 3.63) is 304 Å². The molecule has 0 radical (unpaired) electrons. The minimum Gasteiger partial charge on any atom is -0.289 e. The quantitative estimate of drug-likeness (QED) is 0.120. The minimum atomic E-state index is -0.828. The first kappa shape index (κ1) is 51.5. The zero-order valence-electron chi connectivity index (χ0n) is 46.3. The van der Waals surface area contributed by atoms with Crippen LogP contribution < -0.4 is 0 Å². The van der Waals surface area contributed by atoms with E-state index in [9.17, 15) is 30.6 Å². The van der Waals surface area contributed by atoms with E-state index in [4.69, 9.17) is 0 Å². The van der Waals surface area contributed by atoms with Crippen LogP contribution >= 0.6 is 34.0 Å². The second-order valence-electron chi connectivity index (χ2n) is 22.4. The molecule has 0 saturated heterocycles. The van der Waals surface area contributed by atoms with Gasteiger partial charge in [0.1, 0.15) is 35.4 Å². The van der Waals surface area contributed by atoms with Crippen LogP contribution in [-0.2, 0) is 10.8 Å². The van der Waals surface area contributed by atoms with Crippen LogP contribution in [0.5, 0.6) is 0 Å². The number of rotatable bonds is 6. The van der Waals surface area contributed by atoms with Crippen molar-refractivity contribution in [1.29, 1.82) is 21.0 Å². The Morgan fingerprint density at radius 2 is 0.812 bits per heavy atom. The first-order valence-electron chi connectivity index (χ1n) is 27.8. The lowest BCUT2D eigenvalue weighted by atomic mass is 9.65. The summed E-state index contributed by atoms with van der Waals surface area (Å²) in [5, 5.41) is 41.9. The molecular weight excluding hydrogens is 1100 g/mol. The maximum absolute atomic E-state index is 14.3. The smallest absolute Gasteiger partial charge is 0.194 e. The molecule has 85 heavy (non-hydrogen) atoms. The number of thiophene rings is 3. The fourth-order valence-corrected chi connectivity index (χ4v) is 18.0. The van der Waals surface area contributed by atoms with Crippen LogP contribution in [0.2, 0.25) is 0 Å². The molecule has 0 unspecified atom stereocenters. The van der Waals surface area contributed by atoms with Gasteiger partial charge < -0.3 is 0 Å². The number of ketones is 2. The number of nitrogens with zero attached hydrogens (tertiary/aromatic N) is 4. The van der Waals surface area contributed by atoms with Gasteiger partial charge in [-0.3, -0.25) is 9.59 Å². The number of nitriles is 4. The van der Waals surface area contributed by atoms with Crippen molar-refractivity contribution < 1.29 is 9.59 Å². The van der Waals surface area contributed by atoms with Crippen LogP contribution in [0.15, 0.2) is 204 Å². The van der Waals surface area contributed by atoms with Crippen LogP contribution in [0.25, 0.3) is 63.7 Å². The molecule has 6 nitrogen and oxygen atoms in total. The summed E-state index contributed by atoms with van der Waals surface area (Å²) in [6.45, 7) is 8.50. The monoisotopic (exact) mass is 1140 g/mol. The Balaban J connectivity index is 1.02. The first-order chi connectivity index (χ1) is 41.4. The lowest BCUT2D eigenvalue weighted by Crippen LogP contribution is -2.30. The number of hydrogen-bond donors (Lipinski definition) is 0. The van der Waals surface area contributed by atoms with E-state index in [1.54, 1.807) is 58.3 Å². The number of allylic oxidation sites excluding steroid dienone is 6. The summed E-state index contributed by atoms with van der Waals surface area (Å²) in [6.07, 6.45) is 3.72. The highest BCUT2D eigenvalue weighted by Crippen LogP contribution is 2.67. The van der Waals surface area contributed by atoms with E-state index < -0.39 is 10.8 Å². The number of hydrogen-bond acceptors (Lipinski definition) is 9. The first-order valence-corrected chi connectivity index (χ1v) is 30.3. The summed E-state index contributed by atoms with van der Waals surface area (Å²) in [5.74, 6) is -0.433. The molecule has 3 aromatic heterocycles. The van der Waals surface area contributed by atoms with Gasteiger partial charge in [-0.25, -0.2) is 0 Å². The number of carbonyl (C=O) groups is 2. The van der Waals surface area contributed by atoms with E-state index in [0.29, 0.717) is 44.5 Å². The molecule has 0 saturated carbocycles. The second-order valence-corrected chi connectivity index (χ2v) is 25.6. The van der Waals surface area contributed by atoms with Crippen molar-refractivity contribution in [3.8, 4) is 45.2 Å². The third-order valence-corrected chi connectivity index (χ3v) is 21.3. The third kappa shape index (κ3) is 7.23. The van der Waals surface area contributed by atoms with Gasteiger partial charge in [-0.2, -0.15) is 21.0 Å². The van der Waals surface area contributed by atoms with Crippen molar-refractivity contribution >= 4 is 88.4 Å². The summed E-state index contributed by atoms with van der Waals surface area (Å²) in [6, 6.07) is 72.2. The number of aryl methyl sites for hydroxylation is 4. The molecule has 0 atom stereocenters. The Bertz CT molecular complexity index is 5040. The number of benzene rings is 8. The molecule has 11 aromatic rings. The van der Waals surface area contributed by atoms with Gasteiger partial charge >= 0.3 is 0 Å². The molecule has 0 aliphatic heterocycles.